The van der Waals surface area contributed by atoms with Crippen LogP contribution < -0.4 is 10.1 Å². The molecule has 0 spiro atoms. The summed E-state index contributed by atoms with van der Waals surface area (Å²) in [6.07, 6.45) is 0. The molecule has 0 aliphatic carbocycles. The van der Waals surface area contributed by atoms with Crippen LogP contribution in [0.15, 0.2) is 42.5 Å². The Morgan fingerprint density at radius 3 is 2.45 bits per heavy atom. The third kappa shape index (κ3) is 3.91. The van der Waals surface area contributed by atoms with Crippen molar-refractivity contribution in [2.24, 2.45) is 0 Å². The monoisotopic (exact) mass is 281 g/mol. The number of aryl methyl sites for hydroxylation is 1. The van der Waals surface area contributed by atoms with Crippen molar-refractivity contribution in [1.29, 1.82) is 0 Å². The first kappa shape index (κ1) is 14.2. The average molecular weight is 281 g/mol. The highest BCUT2D eigenvalue weighted by Crippen LogP contribution is 2.19. The molecule has 0 saturated heterocycles. The summed E-state index contributed by atoms with van der Waals surface area (Å²) in [7, 11) is 0. The average Bonchev–Trinajstić information content (AvgIpc) is 2.41. The summed E-state index contributed by atoms with van der Waals surface area (Å²) in [6, 6.07) is 10.8. The van der Waals surface area contributed by atoms with Gasteiger partial charge in [0.1, 0.15) is 11.6 Å². The van der Waals surface area contributed by atoms with Gasteiger partial charge in [0.15, 0.2) is 0 Å². The van der Waals surface area contributed by atoms with Gasteiger partial charge in [-0.05, 0) is 42.3 Å². The van der Waals surface area contributed by atoms with Crippen molar-refractivity contribution in [3.8, 4) is 5.75 Å². The smallest absolute Gasteiger partial charge is 0.387 e. The summed E-state index contributed by atoms with van der Waals surface area (Å²) >= 11 is 0. The maximum atomic E-state index is 13.1. The lowest BCUT2D eigenvalue weighted by molar-refractivity contribution is -0.0498. The molecule has 2 aromatic rings. The van der Waals surface area contributed by atoms with Crippen LogP contribution in [-0.4, -0.2) is 6.61 Å². The molecule has 2 rings (SSSR count). The Kier molecular flexibility index (Phi) is 4.50. The van der Waals surface area contributed by atoms with E-state index in [2.05, 4.69) is 10.1 Å². The number of nitrogens with one attached hydrogen (secondary N) is 1. The van der Waals surface area contributed by atoms with Crippen molar-refractivity contribution in [3.63, 3.8) is 0 Å². The topological polar surface area (TPSA) is 21.3 Å². The van der Waals surface area contributed by atoms with Gasteiger partial charge in [-0.2, -0.15) is 8.78 Å². The first-order valence-electron chi connectivity index (χ1n) is 6.08. The highest BCUT2D eigenvalue weighted by Gasteiger charge is 2.04. The van der Waals surface area contributed by atoms with Crippen LogP contribution >= 0.6 is 0 Å². The van der Waals surface area contributed by atoms with E-state index in [0.717, 1.165) is 11.1 Å². The molecule has 2 aromatic carbocycles. The van der Waals surface area contributed by atoms with E-state index in [4.69, 9.17) is 0 Å². The number of hydrogen-bond donors (Lipinski definition) is 1. The summed E-state index contributed by atoms with van der Waals surface area (Å²) in [5.74, 6) is -0.190. The molecule has 0 heterocycles. The van der Waals surface area contributed by atoms with Crippen LogP contribution in [0.3, 0.4) is 0 Å². The van der Waals surface area contributed by atoms with Gasteiger partial charge in [-0.3, -0.25) is 0 Å². The summed E-state index contributed by atoms with van der Waals surface area (Å²) in [6.45, 7) is -0.477. The van der Waals surface area contributed by atoms with E-state index in [1.165, 1.54) is 24.3 Å². The molecule has 0 atom stereocenters. The second-order valence-electron chi connectivity index (χ2n) is 4.34. The van der Waals surface area contributed by atoms with Gasteiger partial charge in [-0.1, -0.05) is 18.2 Å². The molecule has 20 heavy (non-hydrogen) atoms. The number of ether oxygens (including phenoxy) is 1. The lowest BCUT2D eigenvalue weighted by Gasteiger charge is -2.10. The zero-order valence-corrected chi connectivity index (χ0v) is 10.9. The fourth-order valence-electron chi connectivity index (χ4n) is 1.77. The number of hydrogen-bond acceptors (Lipinski definition) is 2. The first-order chi connectivity index (χ1) is 9.54. The molecule has 1 N–H and O–H groups in total. The zero-order chi connectivity index (χ0) is 14.5. The van der Waals surface area contributed by atoms with Gasteiger partial charge in [0.25, 0.3) is 0 Å². The lowest BCUT2D eigenvalue weighted by Crippen LogP contribution is -2.03. The lowest BCUT2D eigenvalue weighted by atomic mass is 10.1. The predicted molar refractivity (Wildman–Crippen MR) is 71.5 cm³/mol. The third-order valence-corrected chi connectivity index (χ3v) is 2.83. The van der Waals surface area contributed by atoms with Crippen molar-refractivity contribution in [2.75, 3.05) is 5.32 Å². The molecule has 5 heteroatoms. The summed E-state index contributed by atoms with van der Waals surface area (Å²) < 4.78 is 41.4. The van der Waals surface area contributed by atoms with E-state index < -0.39 is 6.61 Å². The number of anilines is 1. The number of rotatable bonds is 5. The molecule has 0 aliphatic heterocycles. The van der Waals surface area contributed by atoms with Crippen LogP contribution in [0.25, 0.3) is 0 Å². The quantitative estimate of drug-likeness (QED) is 0.879. The highest BCUT2D eigenvalue weighted by molar-refractivity contribution is 5.51. The van der Waals surface area contributed by atoms with Gasteiger partial charge < -0.3 is 10.1 Å². The van der Waals surface area contributed by atoms with E-state index in [1.54, 1.807) is 18.2 Å². The molecule has 106 valence electrons. The van der Waals surface area contributed by atoms with Crippen LogP contribution in [0.5, 0.6) is 5.75 Å². The summed E-state index contributed by atoms with van der Waals surface area (Å²) in [5, 5.41) is 3.10. The van der Waals surface area contributed by atoms with Crippen LogP contribution in [0.2, 0.25) is 0 Å². The van der Waals surface area contributed by atoms with Gasteiger partial charge >= 0.3 is 6.61 Å². The van der Waals surface area contributed by atoms with Crippen molar-refractivity contribution in [3.05, 3.63) is 59.4 Å². The van der Waals surface area contributed by atoms with E-state index >= 15 is 0 Å². The minimum atomic E-state index is -2.83. The molecule has 0 unspecified atom stereocenters. The molecule has 0 aromatic heterocycles. The Morgan fingerprint density at radius 2 is 1.80 bits per heavy atom. The maximum absolute atomic E-state index is 13.1. The second-order valence-corrected chi connectivity index (χ2v) is 4.34. The fourth-order valence-corrected chi connectivity index (χ4v) is 1.77. The van der Waals surface area contributed by atoms with Crippen LogP contribution in [0.1, 0.15) is 11.1 Å². The van der Waals surface area contributed by atoms with E-state index in [1.807, 2.05) is 6.92 Å². The Labute approximate surface area is 115 Å². The van der Waals surface area contributed by atoms with Crippen molar-refractivity contribution >= 4 is 5.69 Å². The first-order valence-corrected chi connectivity index (χ1v) is 6.08. The molecule has 0 fully saturated rings. The molecule has 0 amide bonds. The van der Waals surface area contributed by atoms with Crippen molar-refractivity contribution in [2.45, 2.75) is 20.1 Å². The van der Waals surface area contributed by atoms with E-state index in [9.17, 15) is 13.2 Å². The molecular weight excluding hydrogens is 267 g/mol. The minimum Gasteiger partial charge on any atom is -0.435 e. The number of alkyl halides is 2. The van der Waals surface area contributed by atoms with Crippen molar-refractivity contribution in [1.82, 2.24) is 0 Å². The highest BCUT2D eigenvalue weighted by atomic mass is 19.3. The Morgan fingerprint density at radius 1 is 1.10 bits per heavy atom. The van der Waals surface area contributed by atoms with Crippen LogP contribution in [-0.2, 0) is 6.54 Å². The molecule has 0 saturated carbocycles. The van der Waals surface area contributed by atoms with Gasteiger partial charge in [0.05, 0.1) is 0 Å². The summed E-state index contributed by atoms with van der Waals surface area (Å²) in [4.78, 5) is 0. The van der Waals surface area contributed by atoms with Crippen molar-refractivity contribution < 1.29 is 17.9 Å². The van der Waals surface area contributed by atoms with Gasteiger partial charge in [0.2, 0.25) is 0 Å². The predicted octanol–water partition coefficient (Wildman–Crippen LogP) is 4.35. The third-order valence-electron chi connectivity index (χ3n) is 2.83. The zero-order valence-electron chi connectivity index (χ0n) is 10.9. The normalized spacial score (nSPS) is 10.7. The van der Waals surface area contributed by atoms with Crippen LogP contribution in [0.4, 0.5) is 18.9 Å². The fraction of sp³-hybridized carbons (Fsp3) is 0.200. The standard InChI is InChI=1S/C15H14F3NO/c1-10-2-5-12(16)8-14(10)19-9-11-3-6-13(7-4-11)20-15(17)18/h2-8,15,19H,9H2,1H3. The number of halogens is 3. The molecule has 0 bridgehead atoms. The number of benzene rings is 2. The Balaban J connectivity index is 1.98. The SMILES string of the molecule is Cc1ccc(F)cc1NCc1ccc(OC(F)F)cc1. The molecular formula is C15H14F3NO. The largest absolute Gasteiger partial charge is 0.435 e. The van der Waals surface area contributed by atoms with Gasteiger partial charge in [-0.25, -0.2) is 4.39 Å². The van der Waals surface area contributed by atoms with E-state index in [0.29, 0.717) is 12.2 Å². The van der Waals surface area contributed by atoms with Crippen LogP contribution in [0, 0.1) is 12.7 Å². The maximum Gasteiger partial charge on any atom is 0.387 e. The molecule has 0 radical (unpaired) electrons. The molecule has 0 aliphatic rings. The molecule has 2 nitrogen and oxygen atoms in total. The second kappa shape index (κ2) is 6.32. The Hall–Kier alpha value is -2.17. The van der Waals surface area contributed by atoms with Gasteiger partial charge in [-0.15, -0.1) is 0 Å². The Bertz CT molecular complexity index is 570. The van der Waals surface area contributed by atoms with E-state index in [-0.39, 0.29) is 11.6 Å². The summed E-state index contributed by atoms with van der Waals surface area (Å²) in [5.41, 5.74) is 2.53. The minimum absolute atomic E-state index is 0.116. The van der Waals surface area contributed by atoms with Gasteiger partial charge in [0, 0.05) is 12.2 Å².